The Labute approximate surface area is 179 Å². The van der Waals surface area contributed by atoms with E-state index in [0.717, 1.165) is 17.5 Å². The van der Waals surface area contributed by atoms with Crippen molar-refractivity contribution < 1.29 is 18.3 Å². The first-order valence-corrected chi connectivity index (χ1v) is 11.1. The maximum atomic E-state index is 13.7. The van der Waals surface area contributed by atoms with E-state index in [9.17, 15) is 8.78 Å². The van der Waals surface area contributed by atoms with Crippen molar-refractivity contribution in [2.45, 2.75) is 77.6 Å². The Balaban J connectivity index is 1.75. The minimum Gasteiger partial charge on any atom is -0.490 e. The summed E-state index contributed by atoms with van der Waals surface area (Å²) in [7, 11) is 0. The van der Waals surface area contributed by atoms with Gasteiger partial charge in [0.15, 0.2) is 6.17 Å². The standard InChI is InChI=1S/C24H34F2N2O2/c1-3-5-6-7-8-9-15-29-24-27-16-20(17-28-24)19-11-13-21(14-12-19)30-18-23(26)22(25)10-4-2/h11-14,16-17,22-23H,3-10,15,18H2,1-2H3/t22-,23-/m0/s1. The lowest BCUT2D eigenvalue weighted by atomic mass is 10.1. The van der Waals surface area contributed by atoms with Gasteiger partial charge in [-0.15, -0.1) is 0 Å². The maximum Gasteiger partial charge on any atom is 0.316 e. The molecule has 2 atom stereocenters. The lowest BCUT2D eigenvalue weighted by Crippen LogP contribution is -2.24. The lowest BCUT2D eigenvalue weighted by Gasteiger charge is -2.14. The van der Waals surface area contributed by atoms with Gasteiger partial charge in [-0.1, -0.05) is 64.5 Å². The van der Waals surface area contributed by atoms with E-state index in [2.05, 4.69) is 16.9 Å². The summed E-state index contributed by atoms with van der Waals surface area (Å²) < 4.78 is 38.2. The van der Waals surface area contributed by atoms with Gasteiger partial charge in [0.1, 0.15) is 18.5 Å². The molecule has 1 heterocycles. The highest BCUT2D eigenvalue weighted by atomic mass is 19.2. The Morgan fingerprint density at radius 3 is 2.10 bits per heavy atom. The molecular formula is C24H34F2N2O2. The van der Waals surface area contributed by atoms with Crippen molar-refractivity contribution in [3.8, 4) is 22.9 Å². The van der Waals surface area contributed by atoms with E-state index in [1.807, 2.05) is 19.1 Å². The zero-order valence-electron chi connectivity index (χ0n) is 18.2. The van der Waals surface area contributed by atoms with Crippen molar-refractivity contribution in [1.29, 1.82) is 0 Å². The van der Waals surface area contributed by atoms with Crippen LogP contribution in [0.4, 0.5) is 8.78 Å². The number of rotatable bonds is 15. The number of halogens is 2. The molecule has 0 saturated heterocycles. The van der Waals surface area contributed by atoms with Crippen LogP contribution in [0.1, 0.15) is 65.2 Å². The molecule has 166 valence electrons. The molecule has 0 bridgehead atoms. The third-order valence-corrected chi connectivity index (χ3v) is 4.91. The number of ether oxygens (including phenoxy) is 2. The number of benzene rings is 1. The van der Waals surface area contributed by atoms with Crippen molar-refractivity contribution in [2.75, 3.05) is 13.2 Å². The molecule has 0 N–H and O–H groups in total. The molecule has 30 heavy (non-hydrogen) atoms. The van der Waals surface area contributed by atoms with Crippen molar-refractivity contribution in [3.05, 3.63) is 36.7 Å². The van der Waals surface area contributed by atoms with E-state index >= 15 is 0 Å². The quantitative estimate of drug-likeness (QED) is 0.299. The Hall–Kier alpha value is -2.24. The van der Waals surface area contributed by atoms with Crippen LogP contribution in [0.25, 0.3) is 11.1 Å². The van der Waals surface area contributed by atoms with Gasteiger partial charge in [0.25, 0.3) is 0 Å². The molecule has 1 aromatic carbocycles. The third-order valence-electron chi connectivity index (χ3n) is 4.91. The number of hydrogen-bond donors (Lipinski definition) is 0. The fraction of sp³-hybridized carbons (Fsp3) is 0.583. The first kappa shape index (κ1) is 24.0. The largest absolute Gasteiger partial charge is 0.490 e. The van der Waals surface area contributed by atoms with Gasteiger partial charge >= 0.3 is 6.01 Å². The van der Waals surface area contributed by atoms with E-state index in [-0.39, 0.29) is 13.0 Å². The summed E-state index contributed by atoms with van der Waals surface area (Å²) in [4.78, 5) is 8.53. The third kappa shape index (κ3) is 8.64. The highest BCUT2D eigenvalue weighted by Gasteiger charge is 2.20. The van der Waals surface area contributed by atoms with Crippen LogP contribution in [-0.4, -0.2) is 35.5 Å². The molecule has 0 aliphatic rings. The van der Waals surface area contributed by atoms with Crippen LogP contribution in [0.3, 0.4) is 0 Å². The first-order chi connectivity index (χ1) is 14.6. The van der Waals surface area contributed by atoms with Gasteiger partial charge in [-0.05, 0) is 30.5 Å². The van der Waals surface area contributed by atoms with Gasteiger partial charge in [0.2, 0.25) is 0 Å². The monoisotopic (exact) mass is 420 g/mol. The number of aromatic nitrogens is 2. The Kier molecular flexibility index (Phi) is 11.1. The van der Waals surface area contributed by atoms with E-state index in [4.69, 9.17) is 9.47 Å². The number of alkyl halides is 2. The van der Waals surface area contributed by atoms with Gasteiger partial charge < -0.3 is 9.47 Å². The first-order valence-electron chi connectivity index (χ1n) is 11.1. The SMILES string of the molecule is CCCCCCCCOc1ncc(-c2ccc(OC[C@H](F)[C@@H](F)CCC)cc2)cn1. The second-order valence-electron chi connectivity index (χ2n) is 7.53. The zero-order chi connectivity index (χ0) is 21.6. The van der Waals surface area contributed by atoms with E-state index in [1.165, 1.54) is 32.1 Å². The minimum absolute atomic E-state index is 0.210. The van der Waals surface area contributed by atoms with Crippen molar-refractivity contribution in [1.82, 2.24) is 9.97 Å². The molecule has 1 aromatic heterocycles. The topological polar surface area (TPSA) is 44.2 Å². The molecule has 0 unspecified atom stereocenters. The molecule has 0 fully saturated rings. The Morgan fingerprint density at radius 2 is 1.43 bits per heavy atom. The van der Waals surface area contributed by atoms with Gasteiger partial charge in [-0.25, -0.2) is 18.7 Å². The van der Waals surface area contributed by atoms with Crippen LogP contribution in [0.2, 0.25) is 0 Å². The van der Waals surface area contributed by atoms with Crippen LogP contribution >= 0.6 is 0 Å². The zero-order valence-corrected chi connectivity index (χ0v) is 18.2. The van der Waals surface area contributed by atoms with Crippen LogP contribution in [0.15, 0.2) is 36.7 Å². The molecular weight excluding hydrogens is 386 g/mol. The summed E-state index contributed by atoms with van der Waals surface area (Å²) in [5, 5.41) is 0. The molecule has 2 rings (SSSR count). The minimum atomic E-state index is -1.61. The van der Waals surface area contributed by atoms with Crippen molar-refractivity contribution in [3.63, 3.8) is 0 Å². The predicted molar refractivity (Wildman–Crippen MR) is 117 cm³/mol. The van der Waals surface area contributed by atoms with E-state index in [0.29, 0.717) is 24.8 Å². The van der Waals surface area contributed by atoms with Gasteiger partial charge in [-0.2, -0.15) is 0 Å². The van der Waals surface area contributed by atoms with Gasteiger partial charge in [0, 0.05) is 18.0 Å². The summed E-state index contributed by atoms with van der Waals surface area (Å²) in [5.74, 6) is 0.505. The second-order valence-corrected chi connectivity index (χ2v) is 7.53. The van der Waals surface area contributed by atoms with Crippen molar-refractivity contribution in [2.24, 2.45) is 0 Å². The molecule has 0 saturated carbocycles. The van der Waals surface area contributed by atoms with Crippen LogP contribution < -0.4 is 9.47 Å². The smallest absolute Gasteiger partial charge is 0.316 e. The highest BCUT2D eigenvalue weighted by Crippen LogP contribution is 2.23. The molecule has 0 radical (unpaired) electrons. The number of nitrogens with zero attached hydrogens (tertiary/aromatic N) is 2. The molecule has 0 aliphatic carbocycles. The average molecular weight is 421 g/mol. The lowest BCUT2D eigenvalue weighted by molar-refractivity contribution is 0.103. The fourth-order valence-corrected chi connectivity index (χ4v) is 3.07. The Morgan fingerprint density at radius 1 is 0.767 bits per heavy atom. The molecule has 4 nitrogen and oxygen atoms in total. The van der Waals surface area contributed by atoms with Crippen molar-refractivity contribution >= 4 is 0 Å². The molecule has 0 amide bonds. The second kappa shape index (κ2) is 13.9. The molecule has 2 aromatic rings. The normalized spacial score (nSPS) is 13.1. The summed E-state index contributed by atoms with van der Waals surface area (Å²) >= 11 is 0. The number of unbranched alkanes of at least 4 members (excludes halogenated alkanes) is 5. The molecule has 0 spiro atoms. The van der Waals surface area contributed by atoms with Crippen LogP contribution in [0, 0.1) is 0 Å². The fourth-order valence-electron chi connectivity index (χ4n) is 3.07. The Bertz CT molecular complexity index is 695. The summed E-state index contributed by atoms with van der Waals surface area (Å²) in [6.07, 6.45) is 8.43. The van der Waals surface area contributed by atoms with E-state index in [1.54, 1.807) is 24.5 Å². The van der Waals surface area contributed by atoms with Crippen LogP contribution in [-0.2, 0) is 0 Å². The van der Waals surface area contributed by atoms with Crippen LogP contribution in [0.5, 0.6) is 11.8 Å². The highest BCUT2D eigenvalue weighted by molar-refractivity contribution is 5.62. The average Bonchev–Trinajstić information content (AvgIpc) is 2.78. The van der Waals surface area contributed by atoms with Gasteiger partial charge in [0.05, 0.1) is 6.61 Å². The summed E-state index contributed by atoms with van der Waals surface area (Å²) in [5.41, 5.74) is 1.76. The van der Waals surface area contributed by atoms with E-state index < -0.39 is 12.3 Å². The van der Waals surface area contributed by atoms with Gasteiger partial charge in [-0.3, -0.25) is 0 Å². The summed E-state index contributed by atoms with van der Waals surface area (Å²) in [6.45, 7) is 4.39. The molecule has 0 aliphatic heterocycles. The summed E-state index contributed by atoms with van der Waals surface area (Å²) in [6, 6.07) is 7.54. The maximum absolute atomic E-state index is 13.7. The molecule has 6 heteroatoms. The number of hydrogen-bond acceptors (Lipinski definition) is 4. The predicted octanol–water partition coefficient (Wildman–Crippen LogP) is 6.74.